The summed E-state index contributed by atoms with van der Waals surface area (Å²) in [4.78, 5) is 17.4. The number of likely N-dealkylation sites (tertiary alicyclic amines) is 1. The van der Waals surface area contributed by atoms with Crippen LogP contribution in [0.1, 0.15) is 32.6 Å². The van der Waals surface area contributed by atoms with Crippen molar-refractivity contribution in [3.63, 3.8) is 0 Å². The van der Waals surface area contributed by atoms with Gasteiger partial charge in [0.25, 0.3) is 0 Å². The first-order chi connectivity index (χ1) is 8.17. The van der Waals surface area contributed by atoms with Gasteiger partial charge in [-0.25, -0.2) is 5.84 Å². The number of hydrogen-bond donors (Lipinski definition) is 3. The lowest BCUT2D eigenvalue weighted by Gasteiger charge is -2.30. The summed E-state index contributed by atoms with van der Waals surface area (Å²) in [5.74, 6) is 6.23. The predicted octanol–water partition coefficient (Wildman–Crippen LogP) is -0.184. The van der Waals surface area contributed by atoms with E-state index >= 15 is 0 Å². The molecular formula is C11H23N5O. The summed E-state index contributed by atoms with van der Waals surface area (Å²) >= 11 is 0. The first-order valence-corrected chi connectivity index (χ1v) is 6.19. The van der Waals surface area contributed by atoms with Crippen molar-refractivity contribution in [2.24, 2.45) is 10.8 Å². The summed E-state index contributed by atoms with van der Waals surface area (Å²) < 4.78 is 0. The van der Waals surface area contributed by atoms with Crippen LogP contribution in [0.15, 0.2) is 4.99 Å². The number of hydrazine groups is 1. The minimum atomic E-state index is 0.202. The van der Waals surface area contributed by atoms with Crippen molar-refractivity contribution < 1.29 is 4.79 Å². The normalized spacial score (nSPS) is 21.6. The molecule has 98 valence electrons. The van der Waals surface area contributed by atoms with Gasteiger partial charge in [-0.15, -0.1) is 0 Å². The standard InChI is InChI=1S/C11H23N5O/c1-3-4-7-13-11(15-12)14-9-5-6-10(17)16(2)8-9/h9H,3-8,12H2,1-2H3,(H2,13,14,15). The minimum absolute atomic E-state index is 0.202. The number of carbonyl (C=O) groups is 1. The Hall–Kier alpha value is -1.30. The van der Waals surface area contributed by atoms with E-state index in [-0.39, 0.29) is 11.9 Å². The molecule has 17 heavy (non-hydrogen) atoms. The number of carbonyl (C=O) groups excluding carboxylic acids is 1. The van der Waals surface area contributed by atoms with Gasteiger partial charge in [0.15, 0.2) is 0 Å². The molecule has 1 atom stereocenters. The van der Waals surface area contributed by atoms with Crippen molar-refractivity contribution in [1.82, 2.24) is 15.6 Å². The molecule has 0 aromatic rings. The Morgan fingerprint density at radius 1 is 1.65 bits per heavy atom. The second-order valence-corrected chi connectivity index (χ2v) is 4.38. The number of hydrogen-bond acceptors (Lipinski definition) is 3. The van der Waals surface area contributed by atoms with E-state index in [1.807, 2.05) is 7.05 Å². The van der Waals surface area contributed by atoms with E-state index in [1.165, 1.54) is 0 Å². The van der Waals surface area contributed by atoms with Crippen LogP contribution in [-0.2, 0) is 4.79 Å². The molecule has 0 radical (unpaired) electrons. The first kappa shape index (κ1) is 13.8. The highest BCUT2D eigenvalue weighted by Gasteiger charge is 2.23. The number of nitrogens with zero attached hydrogens (tertiary/aromatic N) is 2. The van der Waals surface area contributed by atoms with Crippen molar-refractivity contribution in [2.45, 2.75) is 38.6 Å². The van der Waals surface area contributed by atoms with Gasteiger partial charge in [0.05, 0.1) is 0 Å². The molecule has 1 unspecified atom stereocenters. The third-order valence-corrected chi connectivity index (χ3v) is 2.89. The van der Waals surface area contributed by atoms with Crippen LogP contribution in [0.5, 0.6) is 0 Å². The van der Waals surface area contributed by atoms with Gasteiger partial charge in [-0.1, -0.05) is 13.3 Å². The Balaban J connectivity index is 2.40. The Bertz CT molecular complexity index is 279. The average Bonchev–Trinajstić information content (AvgIpc) is 2.32. The molecule has 0 saturated carbocycles. The lowest BCUT2D eigenvalue weighted by molar-refractivity contribution is -0.132. The molecule has 1 rings (SSSR count). The van der Waals surface area contributed by atoms with Gasteiger partial charge in [-0.05, 0) is 12.8 Å². The summed E-state index contributed by atoms with van der Waals surface area (Å²) in [5.41, 5.74) is 2.57. The van der Waals surface area contributed by atoms with Crippen LogP contribution in [0.4, 0.5) is 0 Å². The van der Waals surface area contributed by atoms with E-state index in [1.54, 1.807) is 4.90 Å². The van der Waals surface area contributed by atoms with E-state index in [4.69, 9.17) is 5.84 Å². The minimum Gasteiger partial charge on any atom is -0.351 e. The number of amides is 1. The summed E-state index contributed by atoms with van der Waals surface area (Å²) in [6.07, 6.45) is 3.58. The van der Waals surface area contributed by atoms with Crippen molar-refractivity contribution in [3.8, 4) is 0 Å². The molecule has 0 aromatic heterocycles. The summed E-state index contributed by atoms with van der Waals surface area (Å²) in [5, 5.41) is 3.24. The number of guanidine groups is 1. The maximum absolute atomic E-state index is 11.3. The molecule has 6 heteroatoms. The molecular weight excluding hydrogens is 218 g/mol. The summed E-state index contributed by atoms with van der Waals surface area (Å²) in [6.45, 7) is 3.60. The molecule has 1 saturated heterocycles. The van der Waals surface area contributed by atoms with Crippen molar-refractivity contribution >= 4 is 11.9 Å². The highest BCUT2D eigenvalue weighted by molar-refractivity contribution is 5.80. The van der Waals surface area contributed by atoms with Gasteiger partial charge in [0.1, 0.15) is 0 Å². The second kappa shape index (κ2) is 7.11. The molecule has 1 fully saturated rings. The highest BCUT2D eigenvalue weighted by Crippen LogP contribution is 2.09. The molecule has 4 N–H and O–H groups in total. The van der Waals surface area contributed by atoms with Crippen LogP contribution in [0.3, 0.4) is 0 Å². The van der Waals surface area contributed by atoms with Crippen LogP contribution < -0.4 is 16.6 Å². The quantitative estimate of drug-likeness (QED) is 0.210. The first-order valence-electron chi connectivity index (χ1n) is 6.19. The van der Waals surface area contributed by atoms with Gasteiger partial charge in [-0.3, -0.25) is 15.2 Å². The van der Waals surface area contributed by atoms with E-state index in [0.29, 0.717) is 18.9 Å². The predicted molar refractivity (Wildman–Crippen MR) is 68.3 cm³/mol. The fraction of sp³-hybridized carbons (Fsp3) is 0.818. The van der Waals surface area contributed by atoms with Gasteiger partial charge in [0, 0.05) is 32.6 Å². The molecule has 6 nitrogen and oxygen atoms in total. The second-order valence-electron chi connectivity index (χ2n) is 4.38. The SMILES string of the molecule is CCCCN=C(NN)NC1CCC(=O)N(C)C1. The molecule has 1 amide bonds. The van der Waals surface area contributed by atoms with Crippen molar-refractivity contribution in [3.05, 3.63) is 0 Å². The molecule has 1 aliphatic heterocycles. The molecule has 0 bridgehead atoms. The number of nitrogens with one attached hydrogen (secondary N) is 2. The zero-order chi connectivity index (χ0) is 12.7. The smallest absolute Gasteiger partial charge is 0.222 e. The zero-order valence-corrected chi connectivity index (χ0v) is 10.7. The Labute approximate surface area is 103 Å². The topological polar surface area (TPSA) is 82.7 Å². The Morgan fingerprint density at radius 2 is 2.41 bits per heavy atom. The summed E-state index contributed by atoms with van der Waals surface area (Å²) in [6, 6.07) is 0.231. The van der Waals surface area contributed by atoms with Gasteiger partial charge < -0.3 is 10.2 Å². The van der Waals surface area contributed by atoms with Crippen molar-refractivity contribution in [2.75, 3.05) is 20.1 Å². The number of aliphatic imine (C=N–C) groups is 1. The number of unbranched alkanes of at least 4 members (excludes halogenated alkanes) is 1. The van der Waals surface area contributed by atoms with Crippen LogP contribution in [0, 0.1) is 0 Å². The van der Waals surface area contributed by atoms with Crippen LogP contribution in [0.25, 0.3) is 0 Å². The monoisotopic (exact) mass is 241 g/mol. The molecule has 0 aromatic carbocycles. The van der Waals surface area contributed by atoms with Crippen LogP contribution in [0.2, 0.25) is 0 Å². The number of rotatable bonds is 4. The van der Waals surface area contributed by atoms with E-state index in [0.717, 1.165) is 25.8 Å². The average molecular weight is 241 g/mol. The van der Waals surface area contributed by atoms with Gasteiger partial charge >= 0.3 is 0 Å². The Kier molecular flexibility index (Phi) is 5.76. The number of nitrogens with two attached hydrogens (primary N) is 1. The lowest BCUT2D eigenvalue weighted by atomic mass is 10.1. The van der Waals surface area contributed by atoms with Crippen LogP contribution >= 0.6 is 0 Å². The fourth-order valence-electron chi connectivity index (χ4n) is 1.81. The fourth-order valence-corrected chi connectivity index (χ4v) is 1.81. The highest BCUT2D eigenvalue weighted by atomic mass is 16.2. The van der Waals surface area contributed by atoms with E-state index in [9.17, 15) is 4.79 Å². The third-order valence-electron chi connectivity index (χ3n) is 2.89. The van der Waals surface area contributed by atoms with E-state index in [2.05, 4.69) is 22.7 Å². The number of piperidine rings is 1. The maximum Gasteiger partial charge on any atom is 0.222 e. The third kappa shape index (κ3) is 4.60. The van der Waals surface area contributed by atoms with Gasteiger partial charge in [-0.2, -0.15) is 0 Å². The van der Waals surface area contributed by atoms with Gasteiger partial charge in [0.2, 0.25) is 11.9 Å². The molecule has 1 aliphatic rings. The van der Waals surface area contributed by atoms with Crippen LogP contribution in [-0.4, -0.2) is 42.9 Å². The largest absolute Gasteiger partial charge is 0.351 e. The lowest BCUT2D eigenvalue weighted by Crippen LogP contribution is -2.53. The Morgan fingerprint density at radius 3 is 3.00 bits per heavy atom. The number of likely N-dealkylation sites (N-methyl/N-ethyl adjacent to an activating group) is 1. The zero-order valence-electron chi connectivity index (χ0n) is 10.7. The molecule has 0 aliphatic carbocycles. The van der Waals surface area contributed by atoms with Crippen molar-refractivity contribution in [1.29, 1.82) is 0 Å². The maximum atomic E-state index is 11.3. The summed E-state index contributed by atoms with van der Waals surface area (Å²) in [7, 11) is 1.82. The van der Waals surface area contributed by atoms with E-state index < -0.39 is 0 Å². The molecule has 1 heterocycles. The molecule has 0 spiro atoms.